The molecule has 1 unspecified atom stereocenters. The van der Waals surface area contributed by atoms with E-state index in [-0.39, 0.29) is 51.8 Å². The van der Waals surface area contributed by atoms with Gasteiger partial charge in [0.1, 0.15) is 22.8 Å². The summed E-state index contributed by atoms with van der Waals surface area (Å²) in [5.41, 5.74) is 0.466. The Morgan fingerprint density at radius 1 is 1.25 bits per heavy atom. The molecule has 13 heteroatoms. The molecule has 0 amide bonds. The normalized spacial score (nSPS) is 20.6. The van der Waals surface area contributed by atoms with Crippen molar-refractivity contribution in [2.75, 3.05) is 10.0 Å². The molecule has 1 atom stereocenters. The highest BCUT2D eigenvalue weighted by Gasteiger charge is 2.42. The predicted octanol–water partition coefficient (Wildman–Crippen LogP) is 3.34. The van der Waals surface area contributed by atoms with Crippen molar-refractivity contribution in [1.29, 1.82) is 0 Å². The van der Waals surface area contributed by atoms with Gasteiger partial charge in [-0.2, -0.15) is 16.8 Å². The number of sulfonamides is 1. The van der Waals surface area contributed by atoms with Crippen molar-refractivity contribution in [3.05, 3.63) is 58.9 Å². The van der Waals surface area contributed by atoms with E-state index in [2.05, 4.69) is 9.71 Å². The van der Waals surface area contributed by atoms with E-state index in [0.717, 1.165) is 18.8 Å². The summed E-state index contributed by atoms with van der Waals surface area (Å²) in [6.07, 6.45) is 2.94. The summed E-state index contributed by atoms with van der Waals surface area (Å²) < 4.78 is 68.9. The molecule has 0 aromatic heterocycles. The molecule has 1 heterocycles. The molecule has 2 aliphatic rings. The van der Waals surface area contributed by atoms with Gasteiger partial charge in [0.05, 0.1) is 11.4 Å². The molecule has 1 aliphatic carbocycles. The first-order valence-electron chi connectivity index (χ1n) is 11.1. The van der Waals surface area contributed by atoms with Crippen LogP contribution in [-0.2, 0) is 30.4 Å². The summed E-state index contributed by atoms with van der Waals surface area (Å²) in [5, 5.41) is 19.0. The first-order chi connectivity index (χ1) is 16.9. The maximum absolute atomic E-state index is 14.2. The van der Waals surface area contributed by atoms with Crippen molar-refractivity contribution < 1.29 is 31.1 Å². The third-order valence-corrected chi connectivity index (χ3v) is 8.19. The van der Waals surface area contributed by atoms with E-state index in [1.54, 1.807) is 6.07 Å². The van der Waals surface area contributed by atoms with Crippen LogP contribution in [0.25, 0.3) is 5.76 Å². The standard InChI is InChI=1S/C23H25FN4O6S2/c1-2-8-23(9-3-10-29)13-17(21(30)16-11-14(24)4-6-18(16)23)22-26-19-7-5-15(27-36(25,33)34)12-20(19)35(31,32)28-22/h4-7,10-12,27,30H,2-3,8-9,13H2,1H3,(H,26,28)(H2,25,33,34). The molecule has 1 aliphatic heterocycles. The molecular formula is C23H25FN4O6S2. The van der Waals surface area contributed by atoms with Crippen LogP contribution in [0.5, 0.6) is 0 Å². The lowest BCUT2D eigenvalue weighted by Crippen LogP contribution is -2.36. The second-order valence-electron chi connectivity index (χ2n) is 8.83. The van der Waals surface area contributed by atoms with E-state index >= 15 is 0 Å². The average Bonchev–Trinajstić information content (AvgIpc) is 2.79. The number of aliphatic hydroxyl groups is 1. The Kier molecular flexibility index (Phi) is 6.66. The minimum Gasteiger partial charge on any atom is -0.507 e. The largest absolute Gasteiger partial charge is 0.507 e. The number of rotatable bonds is 8. The maximum atomic E-state index is 14.2. The lowest BCUT2D eigenvalue weighted by molar-refractivity contribution is -0.108. The number of aldehydes is 1. The number of fused-ring (bicyclic) bond motifs is 2. The van der Waals surface area contributed by atoms with Gasteiger partial charge in [0, 0.05) is 23.0 Å². The highest BCUT2D eigenvalue weighted by Crippen LogP contribution is 2.48. The maximum Gasteiger partial charge on any atom is 0.296 e. The average molecular weight is 537 g/mol. The van der Waals surface area contributed by atoms with Gasteiger partial charge in [-0.15, -0.1) is 4.40 Å². The fraction of sp³-hybridized carbons (Fsp3) is 0.304. The van der Waals surface area contributed by atoms with Crippen LogP contribution in [0.1, 0.15) is 50.2 Å². The zero-order chi connectivity index (χ0) is 26.3. The van der Waals surface area contributed by atoms with Crippen LogP contribution < -0.4 is 15.2 Å². The molecule has 0 fully saturated rings. The molecule has 5 N–H and O–H groups in total. The number of halogens is 1. The van der Waals surface area contributed by atoms with Gasteiger partial charge in [-0.1, -0.05) is 19.4 Å². The van der Waals surface area contributed by atoms with Crippen molar-refractivity contribution >= 4 is 49.5 Å². The Hall–Kier alpha value is -3.29. The van der Waals surface area contributed by atoms with Crippen LogP contribution in [0, 0.1) is 5.82 Å². The molecule has 2 aromatic rings. The van der Waals surface area contributed by atoms with Gasteiger partial charge in [0.15, 0.2) is 5.84 Å². The lowest BCUT2D eigenvalue weighted by atomic mass is 9.64. The number of anilines is 2. The fourth-order valence-corrected chi connectivity index (χ4v) is 6.58. The molecule has 192 valence electrons. The van der Waals surface area contributed by atoms with Crippen LogP contribution >= 0.6 is 0 Å². The van der Waals surface area contributed by atoms with Gasteiger partial charge in [0.2, 0.25) is 0 Å². The number of hydrogen-bond acceptors (Lipinski definition) is 7. The third kappa shape index (κ3) is 4.86. The molecule has 10 nitrogen and oxygen atoms in total. The highest BCUT2D eigenvalue weighted by molar-refractivity contribution is 7.91. The van der Waals surface area contributed by atoms with Gasteiger partial charge < -0.3 is 15.2 Å². The number of aliphatic hydroxyl groups excluding tert-OH is 1. The Bertz CT molecular complexity index is 1520. The number of carbonyl (C=O) groups excluding carboxylic acids is 1. The van der Waals surface area contributed by atoms with E-state index in [9.17, 15) is 31.1 Å². The molecule has 0 saturated carbocycles. The van der Waals surface area contributed by atoms with E-state index in [1.807, 2.05) is 11.6 Å². The van der Waals surface area contributed by atoms with E-state index in [0.29, 0.717) is 18.4 Å². The predicted molar refractivity (Wildman–Crippen MR) is 134 cm³/mol. The first-order valence-corrected chi connectivity index (χ1v) is 14.1. The number of nitrogens with zero attached hydrogens (tertiary/aromatic N) is 1. The van der Waals surface area contributed by atoms with Crippen molar-refractivity contribution in [2.24, 2.45) is 9.54 Å². The van der Waals surface area contributed by atoms with E-state index in [1.165, 1.54) is 24.3 Å². The van der Waals surface area contributed by atoms with Crippen LogP contribution in [0.2, 0.25) is 0 Å². The summed E-state index contributed by atoms with van der Waals surface area (Å²) >= 11 is 0. The quantitative estimate of drug-likeness (QED) is 0.375. The number of carbonyl (C=O) groups is 1. The van der Waals surface area contributed by atoms with Gasteiger partial charge in [-0.25, -0.2) is 9.53 Å². The van der Waals surface area contributed by atoms with Gasteiger partial charge in [-0.05, 0) is 55.2 Å². The lowest BCUT2D eigenvalue weighted by Gasteiger charge is -2.40. The molecule has 0 radical (unpaired) electrons. The second kappa shape index (κ2) is 9.30. The van der Waals surface area contributed by atoms with Crippen molar-refractivity contribution in [3.8, 4) is 0 Å². The zero-order valence-electron chi connectivity index (χ0n) is 19.3. The topological polar surface area (TPSA) is 168 Å². The molecule has 0 bridgehead atoms. The Morgan fingerprint density at radius 3 is 2.67 bits per heavy atom. The molecular weight excluding hydrogens is 511 g/mol. The monoisotopic (exact) mass is 536 g/mol. The molecule has 0 saturated heterocycles. The number of benzene rings is 2. The van der Waals surface area contributed by atoms with Crippen molar-refractivity contribution in [3.63, 3.8) is 0 Å². The summed E-state index contributed by atoms with van der Waals surface area (Å²) in [4.78, 5) is 11.0. The molecule has 2 aromatic carbocycles. The summed E-state index contributed by atoms with van der Waals surface area (Å²) in [6.45, 7) is 1.97. The minimum atomic E-state index is -4.32. The Labute approximate surface area is 208 Å². The number of amidine groups is 1. The van der Waals surface area contributed by atoms with Gasteiger partial charge >= 0.3 is 0 Å². The van der Waals surface area contributed by atoms with Crippen LogP contribution in [0.3, 0.4) is 0 Å². The Balaban J connectivity index is 1.85. The molecule has 0 spiro atoms. The summed E-state index contributed by atoms with van der Waals surface area (Å²) in [5.74, 6) is -1.01. The van der Waals surface area contributed by atoms with E-state index < -0.39 is 31.5 Å². The van der Waals surface area contributed by atoms with Gasteiger partial charge in [0.25, 0.3) is 20.2 Å². The smallest absolute Gasteiger partial charge is 0.296 e. The van der Waals surface area contributed by atoms with Crippen molar-refractivity contribution in [2.45, 2.75) is 49.3 Å². The highest BCUT2D eigenvalue weighted by atomic mass is 32.2. The van der Waals surface area contributed by atoms with Crippen LogP contribution in [0.15, 0.2) is 51.3 Å². The molecule has 36 heavy (non-hydrogen) atoms. The summed E-state index contributed by atoms with van der Waals surface area (Å²) in [6, 6.07) is 7.82. The fourth-order valence-electron chi connectivity index (χ4n) is 4.95. The van der Waals surface area contributed by atoms with Crippen LogP contribution in [-0.4, -0.2) is 34.1 Å². The number of nitrogens with two attached hydrogens (primary N) is 1. The Morgan fingerprint density at radius 2 is 2.00 bits per heavy atom. The second-order valence-corrected chi connectivity index (χ2v) is 11.7. The van der Waals surface area contributed by atoms with Gasteiger partial charge in [-0.3, -0.25) is 4.72 Å². The SMILES string of the molecule is CCCC1(CCC=O)CC(C2=NS(=O)(=O)c3cc(NS(N)(=O)=O)ccc3N2)=C(O)c2cc(F)ccc21. The third-order valence-electron chi connectivity index (χ3n) is 6.35. The minimum absolute atomic E-state index is 0.0692. The van der Waals surface area contributed by atoms with Crippen molar-refractivity contribution in [1.82, 2.24) is 0 Å². The number of hydrogen-bond donors (Lipinski definition) is 4. The van der Waals surface area contributed by atoms with Crippen LogP contribution in [0.4, 0.5) is 15.8 Å². The molecule has 4 rings (SSSR count). The van der Waals surface area contributed by atoms with E-state index in [4.69, 9.17) is 5.14 Å². The zero-order valence-corrected chi connectivity index (χ0v) is 20.9. The first kappa shape index (κ1) is 25.8. The number of nitrogens with one attached hydrogen (secondary N) is 2. The summed E-state index contributed by atoms with van der Waals surface area (Å²) in [7, 11) is -8.45.